The van der Waals surface area contributed by atoms with E-state index in [1.165, 1.54) is 0 Å². The predicted octanol–water partition coefficient (Wildman–Crippen LogP) is 4.56. The molecule has 1 aromatic heterocycles. The molecule has 0 aliphatic carbocycles. The quantitative estimate of drug-likeness (QED) is 0.555. The number of benzene rings is 2. The molecule has 134 valence electrons. The van der Waals surface area contributed by atoms with Crippen molar-refractivity contribution in [2.75, 3.05) is 11.9 Å². The molecule has 0 spiro atoms. The maximum atomic E-state index is 11.8. The maximum Gasteiger partial charge on any atom is 0.306 e. The van der Waals surface area contributed by atoms with Gasteiger partial charge in [0.2, 0.25) is 0 Å². The van der Waals surface area contributed by atoms with Crippen molar-refractivity contribution in [1.82, 2.24) is 4.98 Å². The Morgan fingerprint density at radius 3 is 2.69 bits per heavy atom. The fraction of sp³-hybridized carbons (Fsp3) is 0.211. The highest BCUT2D eigenvalue weighted by Gasteiger charge is 2.10. The third-order valence-corrected chi connectivity index (χ3v) is 5.41. The predicted molar refractivity (Wildman–Crippen MR) is 106 cm³/mol. The number of halogens is 1. The van der Waals surface area contributed by atoms with E-state index in [1.807, 2.05) is 42.5 Å². The number of rotatable bonds is 7. The molecule has 0 aliphatic rings. The van der Waals surface area contributed by atoms with Gasteiger partial charge in [0.25, 0.3) is 5.91 Å². The van der Waals surface area contributed by atoms with Crippen LogP contribution in [0, 0.1) is 0 Å². The van der Waals surface area contributed by atoms with Crippen LogP contribution in [-0.2, 0) is 20.7 Å². The zero-order valence-electron chi connectivity index (χ0n) is 13.9. The third kappa shape index (κ3) is 5.12. The molecule has 1 heterocycles. The van der Waals surface area contributed by atoms with Gasteiger partial charge in [0.15, 0.2) is 6.61 Å². The molecule has 7 heteroatoms. The summed E-state index contributed by atoms with van der Waals surface area (Å²) in [5.74, 6) is -0.746. The first kappa shape index (κ1) is 18.5. The zero-order valence-corrected chi connectivity index (χ0v) is 16.3. The highest BCUT2D eigenvalue weighted by Crippen LogP contribution is 2.23. The van der Waals surface area contributed by atoms with Gasteiger partial charge in [0.05, 0.1) is 20.9 Å². The van der Waals surface area contributed by atoms with Crippen LogP contribution in [-0.4, -0.2) is 23.5 Å². The number of carbonyl (C=O) groups is 2. The largest absolute Gasteiger partial charge is 0.456 e. The van der Waals surface area contributed by atoms with E-state index in [1.54, 1.807) is 17.4 Å². The number of hydrogen-bond acceptors (Lipinski definition) is 5. The molecule has 0 radical (unpaired) electrons. The number of para-hydroxylation sites is 2. The number of esters is 1. The molecule has 5 nitrogen and oxygen atoms in total. The van der Waals surface area contributed by atoms with Crippen LogP contribution in [0.4, 0.5) is 5.69 Å². The Bertz CT molecular complexity index is 893. The minimum atomic E-state index is -0.381. The zero-order chi connectivity index (χ0) is 18.4. The lowest BCUT2D eigenvalue weighted by atomic mass is 10.2. The van der Waals surface area contributed by atoms with Crippen LogP contribution in [0.25, 0.3) is 10.2 Å². The van der Waals surface area contributed by atoms with Crippen molar-refractivity contribution in [3.8, 4) is 0 Å². The molecule has 3 aromatic rings. The summed E-state index contributed by atoms with van der Waals surface area (Å²) in [6.45, 7) is -0.290. The van der Waals surface area contributed by atoms with E-state index >= 15 is 0 Å². The normalized spacial score (nSPS) is 10.7. The van der Waals surface area contributed by atoms with Crippen LogP contribution >= 0.6 is 27.3 Å². The maximum absolute atomic E-state index is 11.8. The molecule has 0 aliphatic heterocycles. The van der Waals surface area contributed by atoms with Gasteiger partial charge in [-0.25, -0.2) is 4.98 Å². The Hall–Kier alpha value is -2.25. The number of amides is 1. The smallest absolute Gasteiger partial charge is 0.306 e. The summed E-state index contributed by atoms with van der Waals surface area (Å²) < 4.78 is 6.95. The molecular formula is C19H17BrN2O3S. The van der Waals surface area contributed by atoms with E-state index in [2.05, 4.69) is 26.2 Å². The van der Waals surface area contributed by atoms with Crippen molar-refractivity contribution in [2.45, 2.75) is 19.3 Å². The number of carbonyl (C=O) groups excluding carboxylic acids is 2. The van der Waals surface area contributed by atoms with Crippen molar-refractivity contribution >= 4 is 55.0 Å². The summed E-state index contributed by atoms with van der Waals surface area (Å²) in [6.07, 6.45) is 1.63. The van der Waals surface area contributed by atoms with E-state index in [0.717, 1.165) is 26.1 Å². The minimum Gasteiger partial charge on any atom is -0.456 e. The molecule has 0 unspecified atom stereocenters. The molecule has 1 amide bonds. The number of fused-ring (bicyclic) bond motifs is 1. The van der Waals surface area contributed by atoms with Crippen LogP contribution in [0.3, 0.4) is 0 Å². The molecule has 0 saturated heterocycles. The first-order chi connectivity index (χ1) is 12.6. The Kier molecular flexibility index (Phi) is 6.35. The highest BCUT2D eigenvalue weighted by molar-refractivity contribution is 9.10. The third-order valence-electron chi connectivity index (χ3n) is 3.62. The van der Waals surface area contributed by atoms with Crippen LogP contribution in [0.15, 0.2) is 53.0 Å². The summed E-state index contributed by atoms with van der Waals surface area (Å²) in [5.41, 5.74) is 1.63. The van der Waals surface area contributed by atoms with E-state index in [-0.39, 0.29) is 24.9 Å². The number of aromatic nitrogens is 1. The summed E-state index contributed by atoms with van der Waals surface area (Å²) in [4.78, 5) is 28.2. The SMILES string of the molecule is O=C(COC(=O)CCCc1nc2ccccc2s1)Nc1ccccc1Br. The van der Waals surface area contributed by atoms with Gasteiger partial charge < -0.3 is 10.1 Å². The van der Waals surface area contributed by atoms with Crippen molar-refractivity contribution in [3.05, 3.63) is 58.0 Å². The number of anilines is 1. The van der Waals surface area contributed by atoms with Gasteiger partial charge in [-0.05, 0) is 53.0 Å². The van der Waals surface area contributed by atoms with Crippen molar-refractivity contribution in [2.24, 2.45) is 0 Å². The minimum absolute atomic E-state index is 0.262. The second-order valence-corrected chi connectivity index (χ2v) is 7.59. The fourth-order valence-electron chi connectivity index (χ4n) is 2.38. The number of hydrogen-bond donors (Lipinski definition) is 1. The number of ether oxygens (including phenoxy) is 1. The van der Waals surface area contributed by atoms with Crippen molar-refractivity contribution in [3.63, 3.8) is 0 Å². The van der Waals surface area contributed by atoms with E-state index < -0.39 is 0 Å². The van der Waals surface area contributed by atoms with E-state index in [0.29, 0.717) is 12.1 Å². The van der Waals surface area contributed by atoms with Crippen molar-refractivity contribution < 1.29 is 14.3 Å². The van der Waals surface area contributed by atoms with Crippen molar-refractivity contribution in [1.29, 1.82) is 0 Å². The van der Waals surface area contributed by atoms with Crippen LogP contribution in [0.2, 0.25) is 0 Å². The molecular weight excluding hydrogens is 416 g/mol. The molecule has 2 aromatic carbocycles. The van der Waals surface area contributed by atoms with E-state index in [9.17, 15) is 9.59 Å². The van der Waals surface area contributed by atoms with Crippen LogP contribution < -0.4 is 5.32 Å². The molecule has 0 fully saturated rings. The van der Waals surface area contributed by atoms with Crippen LogP contribution in [0.1, 0.15) is 17.8 Å². The van der Waals surface area contributed by atoms with Crippen LogP contribution in [0.5, 0.6) is 0 Å². The second kappa shape index (κ2) is 8.91. The first-order valence-electron chi connectivity index (χ1n) is 8.16. The average molecular weight is 433 g/mol. The summed E-state index contributed by atoms with van der Waals surface area (Å²) in [6, 6.07) is 15.2. The summed E-state index contributed by atoms with van der Waals surface area (Å²) >= 11 is 4.98. The Labute approximate surface area is 163 Å². The molecule has 0 atom stereocenters. The Morgan fingerprint density at radius 1 is 1.12 bits per heavy atom. The van der Waals surface area contributed by atoms with Gasteiger partial charge in [0, 0.05) is 10.9 Å². The van der Waals surface area contributed by atoms with E-state index in [4.69, 9.17) is 4.74 Å². The first-order valence-corrected chi connectivity index (χ1v) is 9.77. The number of nitrogens with one attached hydrogen (secondary N) is 1. The lowest BCUT2D eigenvalue weighted by Crippen LogP contribution is -2.21. The van der Waals surface area contributed by atoms with Gasteiger partial charge >= 0.3 is 5.97 Å². The van der Waals surface area contributed by atoms with Gasteiger partial charge in [-0.3, -0.25) is 9.59 Å². The Balaban J connectivity index is 1.38. The molecule has 0 bridgehead atoms. The molecule has 26 heavy (non-hydrogen) atoms. The molecule has 3 rings (SSSR count). The van der Waals surface area contributed by atoms with Gasteiger partial charge in [-0.2, -0.15) is 0 Å². The lowest BCUT2D eigenvalue weighted by Gasteiger charge is -2.07. The number of aryl methyl sites for hydroxylation is 1. The monoisotopic (exact) mass is 432 g/mol. The molecule has 0 saturated carbocycles. The second-order valence-electron chi connectivity index (χ2n) is 5.62. The number of thiazole rings is 1. The topological polar surface area (TPSA) is 68.3 Å². The standard InChI is InChI=1S/C19H17BrN2O3S/c20-13-6-1-2-7-14(13)21-17(23)12-25-19(24)11-5-10-18-22-15-8-3-4-9-16(15)26-18/h1-4,6-9H,5,10-12H2,(H,21,23). The Morgan fingerprint density at radius 2 is 1.88 bits per heavy atom. The van der Waals surface area contributed by atoms with Gasteiger partial charge in [-0.15, -0.1) is 11.3 Å². The summed E-state index contributed by atoms with van der Waals surface area (Å²) in [7, 11) is 0. The van der Waals surface area contributed by atoms with Gasteiger partial charge in [-0.1, -0.05) is 24.3 Å². The van der Waals surface area contributed by atoms with Gasteiger partial charge in [0.1, 0.15) is 0 Å². The summed E-state index contributed by atoms with van der Waals surface area (Å²) in [5, 5.41) is 3.70. The lowest BCUT2D eigenvalue weighted by molar-refractivity contribution is -0.147. The molecule has 1 N–H and O–H groups in total. The highest BCUT2D eigenvalue weighted by atomic mass is 79.9. The fourth-order valence-corrected chi connectivity index (χ4v) is 3.77. The average Bonchev–Trinajstić information content (AvgIpc) is 3.05. The number of nitrogens with zero attached hydrogens (tertiary/aromatic N) is 1.